The number of carbonyl (C=O) groups excluding carboxylic acids is 2. The van der Waals surface area contributed by atoms with Crippen LogP contribution in [0, 0.1) is 0 Å². The second kappa shape index (κ2) is 5.65. The van der Waals surface area contributed by atoms with Crippen LogP contribution in [0.25, 0.3) is 0 Å². The van der Waals surface area contributed by atoms with E-state index in [9.17, 15) is 9.59 Å². The summed E-state index contributed by atoms with van der Waals surface area (Å²) < 4.78 is 0. The monoisotopic (exact) mass is 259 g/mol. The lowest BCUT2D eigenvalue weighted by atomic mass is 9.93. The number of nitrogens with one attached hydrogen (secondary N) is 1. The summed E-state index contributed by atoms with van der Waals surface area (Å²) in [6.07, 6.45) is 1.95. The molecule has 0 unspecified atom stereocenters. The number of amidine groups is 1. The van der Waals surface area contributed by atoms with E-state index in [4.69, 9.17) is 5.73 Å². The molecule has 1 aliphatic rings. The van der Waals surface area contributed by atoms with E-state index < -0.39 is 0 Å². The van der Waals surface area contributed by atoms with Crippen LogP contribution in [0.2, 0.25) is 0 Å². The van der Waals surface area contributed by atoms with Gasteiger partial charge >= 0.3 is 0 Å². The first-order valence-corrected chi connectivity index (χ1v) is 6.30. The van der Waals surface area contributed by atoms with Crippen LogP contribution in [0.4, 0.5) is 0 Å². The second-order valence-corrected chi connectivity index (χ2v) is 4.61. The number of hydrogen-bond donors (Lipinski definition) is 2. The van der Waals surface area contributed by atoms with Crippen molar-refractivity contribution in [3.8, 4) is 0 Å². The zero-order chi connectivity index (χ0) is 13.8. The van der Waals surface area contributed by atoms with E-state index in [2.05, 4.69) is 10.3 Å². The molecule has 0 atom stereocenters. The van der Waals surface area contributed by atoms with Crippen molar-refractivity contribution in [2.24, 2.45) is 10.7 Å². The third-order valence-electron chi connectivity index (χ3n) is 3.08. The quantitative estimate of drug-likeness (QED) is 0.774. The Morgan fingerprint density at radius 1 is 1.47 bits per heavy atom. The Labute approximate surface area is 111 Å². The molecule has 5 nitrogen and oxygen atoms in total. The molecule has 0 saturated carbocycles. The summed E-state index contributed by atoms with van der Waals surface area (Å²) in [5.41, 5.74) is 8.76. The molecule has 0 aliphatic carbocycles. The van der Waals surface area contributed by atoms with Crippen LogP contribution in [-0.2, 0) is 22.4 Å². The normalized spacial score (nSPS) is 13.7. The summed E-state index contributed by atoms with van der Waals surface area (Å²) in [5, 5.41) is 2.76. The summed E-state index contributed by atoms with van der Waals surface area (Å²) in [6, 6.07) is 5.83. The highest BCUT2D eigenvalue weighted by atomic mass is 16.1. The molecule has 0 aromatic heterocycles. The predicted octanol–water partition coefficient (Wildman–Crippen LogP) is 0.543. The molecule has 3 N–H and O–H groups in total. The molecule has 5 heteroatoms. The smallest absolute Gasteiger partial charge is 0.252 e. The minimum absolute atomic E-state index is 0.0261. The van der Waals surface area contributed by atoms with Gasteiger partial charge in [0.15, 0.2) is 0 Å². The lowest BCUT2D eigenvalue weighted by Crippen LogP contribution is -2.26. The number of nitrogens with zero attached hydrogens (tertiary/aromatic N) is 1. The van der Waals surface area contributed by atoms with Crippen molar-refractivity contribution in [1.82, 2.24) is 5.32 Å². The largest absolute Gasteiger partial charge is 0.383 e. The molecule has 1 heterocycles. The molecule has 19 heavy (non-hydrogen) atoms. The van der Waals surface area contributed by atoms with E-state index in [1.165, 1.54) is 6.92 Å². The minimum Gasteiger partial charge on any atom is -0.383 e. The van der Waals surface area contributed by atoms with Gasteiger partial charge in [-0.2, -0.15) is 4.99 Å². The number of benzene rings is 1. The van der Waals surface area contributed by atoms with Gasteiger partial charge in [-0.25, -0.2) is 0 Å². The first-order chi connectivity index (χ1) is 9.08. The Morgan fingerprint density at radius 2 is 2.26 bits per heavy atom. The summed E-state index contributed by atoms with van der Waals surface area (Å²) >= 11 is 0. The van der Waals surface area contributed by atoms with Crippen molar-refractivity contribution in [2.45, 2.75) is 26.2 Å². The predicted molar refractivity (Wildman–Crippen MR) is 72.9 cm³/mol. The number of aryl methyl sites for hydroxylation is 1. The fraction of sp³-hybridized carbons (Fsp3) is 0.357. The Hall–Kier alpha value is -2.17. The van der Waals surface area contributed by atoms with Gasteiger partial charge in [0.25, 0.3) is 5.91 Å². The first kappa shape index (κ1) is 13.3. The van der Waals surface area contributed by atoms with Crippen LogP contribution in [0.15, 0.2) is 23.2 Å². The average molecular weight is 259 g/mol. The zero-order valence-electron chi connectivity index (χ0n) is 10.9. The molecule has 0 spiro atoms. The van der Waals surface area contributed by atoms with E-state index in [0.29, 0.717) is 18.8 Å². The number of aliphatic imine (C=N–C) groups is 1. The highest BCUT2D eigenvalue weighted by Crippen LogP contribution is 2.20. The molecular formula is C14H17N3O2. The van der Waals surface area contributed by atoms with Gasteiger partial charge in [-0.05, 0) is 24.0 Å². The Bertz CT molecular complexity index is 550. The maximum absolute atomic E-state index is 11.4. The van der Waals surface area contributed by atoms with Crippen LogP contribution >= 0.6 is 0 Å². The Morgan fingerprint density at radius 3 is 3.00 bits per heavy atom. The number of rotatable bonds is 4. The highest BCUT2D eigenvalue weighted by Gasteiger charge is 2.19. The van der Waals surface area contributed by atoms with Gasteiger partial charge in [0.2, 0.25) is 5.91 Å². The Kier molecular flexibility index (Phi) is 3.94. The number of hydrogen-bond acceptors (Lipinski definition) is 3. The third kappa shape index (κ3) is 3.19. The highest BCUT2D eigenvalue weighted by molar-refractivity contribution is 6.09. The topological polar surface area (TPSA) is 84.6 Å². The number of amides is 2. The van der Waals surface area contributed by atoms with Gasteiger partial charge in [0, 0.05) is 19.0 Å². The van der Waals surface area contributed by atoms with Gasteiger partial charge in [-0.3, -0.25) is 9.59 Å². The standard InChI is InChI=1S/C14H17N3O2/c1-9(18)16-7-3-6-10-4-2-5-11-8-12(19)17-14(15)13(10)11/h2,4-5H,3,6-8H2,1H3,(H,16,18)(H2,15,17,19). The molecular weight excluding hydrogens is 242 g/mol. The fourth-order valence-corrected chi connectivity index (χ4v) is 2.27. The zero-order valence-corrected chi connectivity index (χ0v) is 10.9. The molecule has 1 aromatic carbocycles. The first-order valence-electron chi connectivity index (χ1n) is 6.30. The second-order valence-electron chi connectivity index (χ2n) is 4.61. The van der Waals surface area contributed by atoms with Gasteiger partial charge < -0.3 is 11.1 Å². The van der Waals surface area contributed by atoms with Crippen LogP contribution in [0.5, 0.6) is 0 Å². The minimum atomic E-state index is -0.194. The number of nitrogens with two attached hydrogens (primary N) is 1. The third-order valence-corrected chi connectivity index (χ3v) is 3.08. The van der Waals surface area contributed by atoms with Crippen molar-refractivity contribution in [3.63, 3.8) is 0 Å². The summed E-state index contributed by atoms with van der Waals surface area (Å²) in [6.45, 7) is 2.13. The van der Waals surface area contributed by atoms with Gasteiger partial charge in [-0.15, -0.1) is 0 Å². The van der Waals surface area contributed by atoms with Crippen LogP contribution in [0.3, 0.4) is 0 Å². The van der Waals surface area contributed by atoms with Crippen LogP contribution in [-0.4, -0.2) is 24.2 Å². The van der Waals surface area contributed by atoms with E-state index in [0.717, 1.165) is 29.5 Å². The van der Waals surface area contributed by atoms with Crippen molar-refractivity contribution in [2.75, 3.05) is 6.54 Å². The maximum Gasteiger partial charge on any atom is 0.252 e. The summed E-state index contributed by atoms with van der Waals surface area (Å²) in [5.74, 6) is 0.0866. The van der Waals surface area contributed by atoms with Crippen molar-refractivity contribution >= 4 is 17.6 Å². The molecule has 2 rings (SSSR count). The SMILES string of the molecule is CC(=O)NCCCc1cccc2c1C(N)=NC(=O)C2. The van der Waals surface area contributed by atoms with Gasteiger partial charge in [0.1, 0.15) is 5.84 Å². The van der Waals surface area contributed by atoms with Crippen molar-refractivity contribution < 1.29 is 9.59 Å². The molecule has 1 aromatic rings. The molecule has 100 valence electrons. The van der Waals surface area contributed by atoms with E-state index in [1.54, 1.807) is 0 Å². The van der Waals surface area contributed by atoms with Crippen LogP contribution < -0.4 is 11.1 Å². The lowest BCUT2D eigenvalue weighted by Gasteiger charge is -2.17. The van der Waals surface area contributed by atoms with Crippen molar-refractivity contribution in [3.05, 3.63) is 34.9 Å². The average Bonchev–Trinajstić information content (AvgIpc) is 2.33. The van der Waals surface area contributed by atoms with Crippen molar-refractivity contribution in [1.29, 1.82) is 0 Å². The molecule has 0 radical (unpaired) electrons. The summed E-state index contributed by atoms with van der Waals surface area (Å²) in [7, 11) is 0. The molecule has 0 saturated heterocycles. The van der Waals surface area contributed by atoms with Crippen LogP contribution in [0.1, 0.15) is 30.0 Å². The molecule has 1 aliphatic heterocycles. The summed E-state index contributed by atoms with van der Waals surface area (Å²) in [4.78, 5) is 26.0. The Balaban J connectivity index is 2.12. The number of fused-ring (bicyclic) bond motifs is 1. The molecule has 0 bridgehead atoms. The van der Waals surface area contributed by atoms with E-state index in [-0.39, 0.29) is 11.8 Å². The number of carbonyl (C=O) groups is 2. The molecule has 0 fully saturated rings. The van der Waals surface area contributed by atoms with Gasteiger partial charge in [-0.1, -0.05) is 18.2 Å². The maximum atomic E-state index is 11.4. The lowest BCUT2D eigenvalue weighted by molar-refractivity contribution is -0.119. The van der Waals surface area contributed by atoms with E-state index >= 15 is 0 Å². The fourth-order valence-electron chi connectivity index (χ4n) is 2.27. The van der Waals surface area contributed by atoms with E-state index in [1.807, 2.05) is 18.2 Å². The molecule has 2 amide bonds. The van der Waals surface area contributed by atoms with Gasteiger partial charge in [0.05, 0.1) is 6.42 Å².